The predicted octanol–water partition coefficient (Wildman–Crippen LogP) is 4.16. The first-order valence-corrected chi connectivity index (χ1v) is 8.18. The molecule has 0 aliphatic carbocycles. The lowest BCUT2D eigenvalue weighted by Gasteiger charge is -2.10. The smallest absolute Gasteiger partial charge is 0.165 e. The first-order valence-electron chi connectivity index (χ1n) is 8.18. The number of rotatable bonds is 8. The van der Waals surface area contributed by atoms with Crippen LogP contribution in [-0.2, 0) is 4.74 Å². The molecule has 1 aromatic heterocycles. The normalized spacial score (nSPS) is 10.8. The van der Waals surface area contributed by atoms with E-state index in [1.807, 2.05) is 37.3 Å². The van der Waals surface area contributed by atoms with E-state index >= 15 is 0 Å². The molecule has 0 atom stereocenters. The maximum absolute atomic E-state index is 13.4. The monoisotopic (exact) mass is 341 g/mol. The molecule has 0 saturated carbocycles. The highest BCUT2D eigenvalue weighted by atomic mass is 19.1. The Morgan fingerprint density at radius 3 is 2.32 bits per heavy atom. The van der Waals surface area contributed by atoms with Crippen molar-refractivity contribution in [2.75, 3.05) is 26.4 Å². The molecule has 25 heavy (non-hydrogen) atoms. The Morgan fingerprint density at radius 2 is 1.52 bits per heavy atom. The van der Waals surface area contributed by atoms with E-state index in [1.54, 1.807) is 18.2 Å². The second-order valence-corrected chi connectivity index (χ2v) is 5.52. The van der Waals surface area contributed by atoms with Crippen LogP contribution in [0.1, 0.15) is 5.69 Å². The van der Waals surface area contributed by atoms with Gasteiger partial charge < -0.3 is 14.2 Å². The van der Waals surface area contributed by atoms with Crippen molar-refractivity contribution < 1.29 is 18.6 Å². The molecule has 3 rings (SSSR count). The number of fused-ring (bicyclic) bond motifs is 1. The van der Waals surface area contributed by atoms with Crippen molar-refractivity contribution in [3.8, 4) is 11.5 Å². The Balaban J connectivity index is 1.40. The summed E-state index contributed by atoms with van der Waals surface area (Å²) in [5.74, 6) is 0.608. The maximum Gasteiger partial charge on any atom is 0.165 e. The van der Waals surface area contributed by atoms with Crippen LogP contribution >= 0.6 is 0 Å². The first-order chi connectivity index (χ1) is 12.2. The average molecular weight is 341 g/mol. The molecule has 0 amide bonds. The molecule has 0 saturated heterocycles. The van der Waals surface area contributed by atoms with E-state index in [2.05, 4.69) is 4.98 Å². The van der Waals surface area contributed by atoms with Crippen LogP contribution in [0.2, 0.25) is 0 Å². The number of benzene rings is 2. The largest absolute Gasteiger partial charge is 0.489 e. The number of halogens is 1. The van der Waals surface area contributed by atoms with Gasteiger partial charge in [-0.1, -0.05) is 30.3 Å². The van der Waals surface area contributed by atoms with Crippen molar-refractivity contribution in [1.29, 1.82) is 0 Å². The second-order valence-electron chi connectivity index (χ2n) is 5.52. The minimum absolute atomic E-state index is 0.236. The molecule has 3 aromatic rings. The number of hydrogen-bond acceptors (Lipinski definition) is 4. The van der Waals surface area contributed by atoms with Gasteiger partial charge in [0.2, 0.25) is 0 Å². The molecule has 0 aliphatic rings. The summed E-state index contributed by atoms with van der Waals surface area (Å²) >= 11 is 0. The number of hydrogen-bond donors (Lipinski definition) is 0. The number of para-hydroxylation sites is 2. The third-order valence-electron chi connectivity index (χ3n) is 3.63. The van der Waals surface area contributed by atoms with Gasteiger partial charge in [-0.2, -0.15) is 0 Å². The molecule has 0 fully saturated rings. The topological polar surface area (TPSA) is 40.6 Å². The van der Waals surface area contributed by atoms with Crippen molar-refractivity contribution in [2.45, 2.75) is 6.92 Å². The highest BCUT2D eigenvalue weighted by Gasteiger charge is 2.04. The van der Waals surface area contributed by atoms with Crippen molar-refractivity contribution in [2.24, 2.45) is 0 Å². The van der Waals surface area contributed by atoms with E-state index < -0.39 is 0 Å². The number of aryl methyl sites for hydroxylation is 1. The van der Waals surface area contributed by atoms with Gasteiger partial charge in [0.1, 0.15) is 24.5 Å². The van der Waals surface area contributed by atoms with Gasteiger partial charge >= 0.3 is 0 Å². The Morgan fingerprint density at radius 1 is 0.800 bits per heavy atom. The summed E-state index contributed by atoms with van der Waals surface area (Å²) in [4.78, 5) is 4.52. The van der Waals surface area contributed by atoms with Crippen LogP contribution in [0.25, 0.3) is 10.9 Å². The molecular formula is C20H20FNO3. The highest BCUT2D eigenvalue weighted by Crippen LogP contribution is 2.23. The lowest BCUT2D eigenvalue weighted by Crippen LogP contribution is -2.12. The number of pyridine rings is 1. The summed E-state index contributed by atoms with van der Waals surface area (Å²) in [6.45, 7) is 3.44. The fourth-order valence-electron chi connectivity index (χ4n) is 2.42. The van der Waals surface area contributed by atoms with Gasteiger partial charge in [0, 0.05) is 11.1 Å². The standard InChI is InChI=1S/C20H20FNO3/c1-15-9-10-16-5-4-8-19(20(16)22-15)25-14-12-23-11-13-24-18-7-3-2-6-17(18)21/h2-10H,11-14H2,1H3. The summed E-state index contributed by atoms with van der Waals surface area (Å²) in [6.07, 6.45) is 0. The molecule has 0 spiro atoms. The van der Waals surface area contributed by atoms with Gasteiger partial charge in [-0.25, -0.2) is 9.37 Å². The Labute approximate surface area is 146 Å². The van der Waals surface area contributed by atoms with E-state index in [4.69, 9.17) is 14.2 Å². The summed E-state index contributed by atoms with van der Waals surface area (Å²) < 4.78 is 29.9. The zero-order chi connectivity index (χ0) is 17.5. The lowest BCUT2D eigenvalue weighted by atomic mass is 10.2. The fourth-order valence-corrected chi connectivity index (χ4v) is 2.42. The minimum Gasteiger partial charge on any atom is -0.489 e. The Hall–Kier alpha value is -2.66. The zero-order valence-electron chi connectivity index (χ0n) is 14.1. The third kappa shape index (κ3) is 4.67. The SMILES string of the molecule is Cc1ccc2cccc(OCCOCCOc3ccccc3F)c2n1. The van der Waals surface area contributed by atoms with Crippen LogP contribution in [0.3, 0.4) is 0 Å². The molecule has 0 unspecified atom stereocenters. The molecule has 1 heterocycles. The molecule has 0 radical (unpaired) electrons. The number of nitrogens with zero attached hydrogens (tertiary/aromatic N) is 1. The van der Waals surface area contributed by atoms with E-state index in [1.165, 1.54) is 6.07 Å². The Bertz CT molecular complexity index is 838. The van der Waals surface area contributed by atoms with Crippen molar-refractivity contribution >= 4 is 10.9 Å². The molecule has 0 N–H and O–H groups in total. The van der Waals surface area contributed by atoms with E-state index in [0.717, 1.165) is 22.3 Å². The predicted molar refractivity (Wildman–Crippen MR) is 94.7 cm³/mol. The van der Waals surface area contributed by atoms with Crippen molar-refractivity contribution in [3.05, 3.63) is 66.1 Å². The lowest BCUT2D eigenvalue weighted by molar-refractivity contribution is 0.0758. The first kappa shape index (κ1) is 17.2. The molecule has 5 heteroatoms. The van der Waals surface area contributed by atoms with Gasteiger partial charge in [-0.3, -0.25) is 0 Å². The van der Waals surface area contributed by atoms with Gasteiger partial charge in [-0.15, -0.1) is 0 Å². The van der Waals surface area contributed by atoms with Gasteiger partial charge in [-0.05, 0) is 31.2 Å². The van der Waals surface area contributed by atoms with E-state index in [-0.39, 0.29) is 18.2 Å². The van der Waals surface area contributed by atoms with E-state index in [9.17, 15) is 4.39 Å². The summed E-state index contributed by atoms with van der Waals surface area (Å²) in [7, 11) is 0. The quantitative estimate of drug-likeness (QED) is 0.577. The highest BCUT2D eigenvalue weighted by molar-refractivity contribution is 5.84. The third-order valence-corrected chi connectivity index (χ3v) is 3.63. The zero-order valence-corrected chi connectivity index (χ0v) is 14.1. The van der Waals surface area contributed by atoms with Crippen LogP contribution in [-0.4, -0.2) is 31.4 Å². The fraction of sp³-hybridized carbons (Fsp3) is 0.250. The number of aromatic nitrogens is 1. The van der Waals surface area contributed by atoms with Crippen LogP contribution in [0, 0.1) is 12.7 Å². The van der Waals surface area contributed by atoms with Crippen LogP contribution in [0.4, 0.5) is 4.39 Å². The van der Waals surface area contributed by atoms with Crippen LogP contribution in [0.15, 0.2) is 54.6 Å². The molecule has 0 bridgehead atoms. The van der Waals surface area contributed by atoms with Gasteiger partial charge in [0.25, 0.3) is 0 Å². The Kier molecular flexibility index (Phi) is 5.80. The summed E-state index contributed by atoms with van der Waals surface area (Å²) in [5.41, 5.74) is 1.80. The van der Waals surface area contributed by atoms with E-state index in [0.29, 0.717) is 19.8 Å². The summed E-state index contributed by atoms with van der Waals surface area (Å²) in [6, 6.07) is 16.2. The maximum atomic E-state index is 13.4. The summed E-state index contributed by atoms with van der Waals surface area (Å²) in [5, 5.41) is 1.04. The van der Waals surface area contributed by atoms with Crippen LogP contribution in [0.5, 0.6) is 11.5 Å². The molecule has 130 valence electrons. The molecule has 2 aromatic carbocycles. The van der Waals surface area contributed by atoms with Crippen LogP contribution < -0.4 is 9.47 Å². The molecule has 4 nitrogen and oxygen atoms in total. The number of ether oxygens (including phenoxy) is 3. The van der Waals surface area contributed by atoms with Gasteiger partial charge in [0.15, 0.2) is 11.6 Å². The molecule has 0 aliphatic heterocycles. The average Bonchev–Trinajstić information content (AvgIpc) is 2.62. The van der Waals surface area contributed by atoms with Crippen molar-refractivity contribution in [3.63, 3.8) is 0 Å². The van der Waals surface area contributed by atoms with Crippen molar-refractivity contribution in [1.82, 2.24) is 4.98 Å². The molecular weight excluding hydrogens is 321 g/mol. The van der Waals surface area contributed by atoms with Gasteiger partial charge in [0.05, 0.1) is 13.2 Å². The minimum atomic E-state index is -0.371. The second kappa shape index (κ2) is 8.44.